The molecule has 5 aliphatic rings. The molecular weight excluding hydrogens is 286 g/mol. The van der Waals surface area contributed by atoms with Crippen LogP contribution in [0.15, 0.2) is 24.4 Å². The molecule has 23 heavy (non-hydrogen) atoms. The zero-order valence-corrected chi connectivity index (χ0v) is 14.0. The zero-order chi connectivity index (χ0) is 15.8. The Balaban J connectivity index is 1.51. The van der Waals surface area contributed by atoms with Gasteiger partial charge in [0, 0.05) is 6.20 Å². The van der Waals surface area contributed by atoms with E-state index in [9.17, 15) is 4.79 Å². The molecule has 4 nitrogen and oxygen atoms in total. The van der Waals surface area contributed by atoms with Gasteiger partial charge in [0.15, 0.2) is 0 Å². The number of hydrogen-bond donors (Lipinski definition) is 0. The van der Waals surface area contributed by atoms with E-state index in [1.54, 1.807) is 0 Å². The van der Waals surface area contributed by atoms with Crippen LogP contribution in [0, 0.1) is 23.7 Å². The molecule has 6 rings (SSSR count). The quantitative estimate of drug-likeness (QED) is 0.841. The Bertz CT molecular complexity index is 613. The molecular formula is C19H25N3O. The SMILES string of the molecule is CC1(C)C(=O)N(C2C3CC4CC(C3)CC2C4)N1c1ccccn1. The molecule has 0 spiro atoms. The number of nitrogens with zero attached hydrogens (tertiary/aromatic N) is 3. The van der Waals surface area contributed by atoms with Gasteiger partial charge in [0.05, 0.1) is 6.04 Å². The normalized spacial score (nSPS) is 40.4. The van der Waals surface area contributed by atoms with Gasteiger partial charge in [-0.05, 0) is 81.8 Å². The predicted molar refractivity (Wildman–Crippen MR) is 88.5 cm³/mol. The summed E-state index contributed by atoms with van der Waals surface area (Å²) in [6.45, 7) is 4.05. The van der Waals surface area contributed by atoms with E-state index in [1.807, 2.05) is 38.2 Å². The Labute approximate surface area is 137 Å². The first-order valence-electron chi connectivity index (χ1n) is 9.10. The van der Waals surface area contributed by atoms with Gasteiger partial charge in [-0.15, -0.1) is 0 Å². The first-order chi connectivity index (χ1) is 11.1. The minimum absolute atomic E-state index is 0.278. The zero-order valence-electron chi connectivity index (χ0n) is 14.0. The summed E-state index contributed by atoms with van der Waals surface area (Å²) in [6.07, 6.45) is 8.60. The second kappa shape index (κ2) is 4.49. The third kappa shape index (κ3) is 1.78. The number of aromatic nitrogens is 1. The molecule has 1 aromatic heterocycles. The topological polar surface area (TPSA) is 36.4 Å². The van der Waals surface area contributed by atoms with Gasteiger partial charge in [-0.1, -0.05) is 6.07 Å². The molecule has 1 aromatic rings. The fourth-order valence-electron chi connectivity index (χ4n) is 6.13. The molecule has 122 valence electrons. The van der Waals surface area contributed by atoms with Crippen LogP contribution in [-0.2, 0) is 4.79 Å². The Kier molecular flexibility index (Phi) is 2.70. The summed E-state index contributed by atoms with van der Waals surface area (Å²) >= 11 is 0. The van der Waals surface area contributed by atoms with Gasteiger partial charge in [0.1, 0.15) is 11.4 Å². The van der Waals surface area contributed by atoms with Crippen molar-refractivity contribution in [3.63, 3.8) is 0 Å². The van der Waals surface area contributed by atoms with Crippen molar-refractivity contribution in [2.75, 3.05) is 5.01 Å². The molecule has 0 unspecified atom stereocenters. The Morgan fingerprint density at radius 2 is 1.70 bits per heavy atom. The number of hydrazine groups is 1. The fourth-order valence-corrected chi connectivity index (χ4v) is 6.13. The first kappa shape index (κ1) is 13.8. The van der Waals surface area contributed by atoms with Crippen LogP contribution in [0.3, 0.4) is 0 Å². The molecule has 4 saturated carbocycles. The fraction of sp³-hybridized carbons (Fsp3) is 0.684. The van der Waals surface area contributed by atoms with Gasteiger partial charge >= 0.3 is 0 Å². The van der Waals surface area contributed by atoms with Crippen molar-refractivity contribution in [2.24, 2.45) is 23.7 Å². The maximum Gasteiger partial charge on any atom is 0.268 e. The molecule has 4 aliphatic carbocycles. The summed E-state index contributed by atoms with van der Waals surface area (Å²) in [7, 11) is 0. The summed E-state index contributed by atoms with van der Waals surface area (Å²) in [6, 6.07) is 6.38. The Morgan fingerprint density at radius 1 is 1.04 bits per heavy atom. The van der Waals surface area contributed by atoms with Crippen molar-refractivity contribution in [1.82, 2.24) is 9.99 Å². The monoisotopic (exact) mass is 311 g/mol. The third-order valence-corrected chi connectivity index (χ3v) is 6.80. The van der Waals surface area contributed by atoms with E-state index in [2.05, 4.69) is 15.0 Å². The van der Waals surface area contributed by atoms with E-state index in [1.165, 1.54) is 32.1 Å². The highest BCUT2D eigenvalue weighted by Gasteiger charge is 2.61. The summed E-state index contributed by atoms with van der Waals surface area (Å²) in [5.41, 5.74) is -0.469. The van der Waals surface area contributed by atoms with Gasteiger partial charge in [0.2, 0.25) is 0 Å². The van der Waals surface area contributed by atoms with Gasteiger partial charge in [-0.25, -0.2) is 9.99 Å². The molecule has 5 fully saturated rings. The second-order valence-corrected chi connectivity index (χ2v) is 8.63. The molecule has 1 amide bonds. The lowest BCUT2D eigenvalue weighted by Crippen LogP contribution is -2.80. The van der Waals surface area contributed by atoms with Crippen molar-refractivity contribution >= 4 is 11.7 Å². The van der Waals surface area contributed by atoms with Crippen molar-refractivity contribution in [3.05, 3.63) is 24.4 Å². The van der Waals surface area contributed by atoms with Crippen LogP contribution >= 0.6 is 0 Å². The van der Waals surface area contributed by atoms with E-state index in [0.29, 0.717) is 17.9 Å². The molecule has 1 aliphatic heterocycles. The van der Waals surface area contributed by atoms with Crippen LogP contribution in [0.25, 0.3) is 0 Å². The highest BCUT2D eigenvalue weighted by Crippen LogP contribution is 2.57. The molecule has 0 atom stereocenters. The van der Waals surface area contributed by atoms with Gasteiger partial charge < -0.3 is 0 Å². The number of rotatable bonds is 2. The average molecular weight is 311 g/mol. The highest BCUT2D eigenvalue weighted by molar-refractivity contribution is 5.97. The van der Waals surface area contributed by atoms with Crippen LogP contribution in [-0.4, -0.2) is 27.5 Å². The minimum Gasteiger partial charge on any atom is -0.270 e. The molecule has 4 bridgehead atoms. The number of amides is 1. The second-order valence-electron chi connectivity index (χ2n) is 8.63. The number of hydrogen-bond acceptors (Lipinski definition) is 3. The van der Waals surface area contributed by atoms with Crippen molar-refractivity contribution in [2.45, 2.75) is 57.5 Å². The van der Waals surface area contributed by atoms with Crippen LogP contribution in [0.4, 0.5) is 5.82 Å². The molecule has 0 N–H and O–H groups in total. The maximum atomic E-state index is 12.9. The van der Waals surface area contributed by atoms with E-state index >= 15 is 0 Å². The Morgan fingerprint density at radius 3 is 2.26 bits per heavy atom. The predicted octanol–water partition coefficient (Wildman–Crippen LogP) is 3.25. The largest absolute Gasteiger partial charge is 0.270 e. The smallest absolute Gasteiger partial charge is 0.268 e. The average Bonchev–Trinajstić information content (AvgIpc) is 2.53. The van der Waals surface area contributed by atoms with Crippen molar-refractivity contribution in [3.8, 4) is 0 Å². The number of anilines is 1. The van der Waals surface area contributed by atoms with Crippen LogP contribution in [0.2, 0.25) is 0 Å². The van der Waals surface area contributed by atoms with Gasteiger partial charge in [-0.3, -0.25) is 9.80 Å². The lowest BCUT2D eigenvalue weighted by Gasteiger charge is -2.65. The lowest BCUT2D eigenvalue weighted by molar-refractivity contribution is -0.170. The first-order valence-corrected chi connectivity index (χ1v) is 9.10. The number of pyridine rings is 1. The van der Waals surface area contributed by atoms with Crippen LogP contribution in [0.1, 0.15) is 46.0 Å². The van der Waals surface area contributed by atoms with E-state index < -0.39 is 5.54 Å². The van der Waals surface area contributed by atoms with E-state index in [-0.39, 0.29) is 5.91 Å². The summed E-state index contributed by atoms with van der Waals surface area (Å²) in [5.74, 6) is 4.46. The standard InChI is InChI=1S/C19H25N3O/c1-19(2)18(23)21(22(19)16-5-3-4-6-20-16)17-14-8-12-7-13(10-14)11-15(17)9-12/h3-6,12-15,17H,7-11H2,1-2H3. The summed E-state index contributed by atoms with van der Waals surface area (Å²) < 4.78 is 0. The summed E-state index contributed by atoms with van der Waals surface area (Å²) in [5, 5.41) is 4.26. The molecule has 0 aromatic carbocycles. The lowest BCUT2D eigenvalue weighted by atomic mass is 9.53. The minimum atomic E-state index is -0.469. The highest BCUT2D eigenvalue weighted by atomic mass is 16.2. The van der Waals surface area contributed by atoms with Gasteiger partial charge in [-0.2, -0.15) is 0 Å². The van der Waals surface area contributed by atoms with Crippen molar-refractivity contribution in [1.29, 1.82) is 0 Å². The van der Waals surface area contributed by atoms with Crippen LogP contribution in [0.5, 0.6) is 0 Å². The molecule has 4 heteroatoms. The summed E-state index contributed by atoms with van der Waals surface area (Å²) in [4.78, 5) is 17.5. The Hall–Kier alpha value is -1.58. The van der Waals surface area contributed by atoms with E-state index in [4.69, 9.17) is 0 Å². The number of carbonyl (C=O) groups is 1. The number of carbonyl (C=O) groups excluding carboxylic acids is 1. The molecule has 1 saturated heterocycles. The maximum absolute atomic E-state index is 12.9. The van der Waals surface area contributed by atoms with E-state index in [0.717, 1.165) is 17.7 Å². The third-order valence-electron chi connectivity index (χ3n) is 6.80. The van der Waals surface area contributed by atoms with Crippen LogP contribution < -0.4 is 5.01 Å². The molecule has 0 radical (unpaired) electrons. The molecule has 2 heterocycles. The van der Waals surface area contributed by atoms with Crippen molar-refractivity contribution < 1.29 is 4.79 Å². The van der Waals surface area contributed by atoms with Gasteiger partial charge in [0.25, 0.3) is 5.91 Å².